The first-order valence-corrected chi connectivity index (χ1v) is 7.94. The zero-order chi connectivity index (χ0) is 15.4. The van der Waals surface area contributed by atoms with Gasteiger partial charge in [0.25, 0.3) is 0 Å². The van der Waals surface area contributed by atoms with Crippen molar-refractivity contribution >= 4 is 5.91 Å². The van der Waals surface area contributed by atoms with Crippen LogP contribution in [0.25, 0.3) is 5.69 Å². The van der Waals surface area contributed by atoms with Crippen molar-refractivity contribution in [3.8, 4) is 5.69 Å². The monoisotopic (exact) mass is 300 g/mol. The van der Waals surface area contributed by atoms with Gasteiger partial charge >= 0.3 is 0 Å². The largest absolute Gasteiger partial charge is 0.342 e. The van der Waals surface area contributed by atoms with Crippen molar-refractivity contribution in [3.05, 3.63) is 54.1 Å². The van der Waals surface area contributed by atoms with E-state index in [2.05, 4.69) is 0 Å². The molecule has 4 heteroatoms. The summed E-state index contributed by atoms with van der Waals surface area (Å²) in [5, 5.41) is 0. The van der Waals surface area contributed by atoms with Gasteiger partial charge in [-0.3, -0.25) is 4.79 Å². The van der Waals surface area contributed by atoms with Crippen molar-refractivity contribution in [2.24, 2.45) is 0 Å². The minimum Gasteiger partial charge on any atom is -0.342 e. The lowest BCUT2D eigenvalue weighted by Crippen LogP contribution is -2.33. The van der Waals surface area contributed by atoms with Gasteiger partial charge in [-0.2, -0.15) is 0 Å². The summed E-state index contributed by atoms with van der Waals surface area (Å²) in [5.41, 5.74) is 1.82. The molecule has 3 rings (SSSR count). The Balaban J connectivity index is 1.74. The lowest BCUT2D eigenvalue weighted by atomic mass is 10.2. The normalized spacial score (nSPS) is 15.6. The first-order chi connectivity index (χ1) is 10.7. The Morgan fingerprint density at radius 2 is 1.68 bits per heavy atom. The Morgan fingerprint density at radius 3 is 2.36 bits per heavy atom. The van der Waals surface area contributed by atoms with Gasteiger partial charge in [0.05, 0.1) is 6.42 Å². The van der Waals surface area contributed by atoms with Crippen molar-refractivity contribution in [1.29, 1.82) is 0 Å². The molecule has 0 unspecified atom stereocenters. The molecule has 2 heterocycles. The lowest BCUT2D eigenvalue weighted by Gasteiger charge is -2.20. The lowest BCUT2D eigenvalue weighted by molar-refractivity contribution is -0.130. The zero-order valence-corrected chi connectivity index (χ0v) is 12.7. The van der Waals surface area contributed by atoms with Gasteiger partial charge in [-0.05, 0) is 49.2 Å². The van der Waals surface area contributed by atoms with Crippen molar-refractivity contribution in [2.75, 3.05) is 13.1 Å². The first kappa shape index (κ1) is 14.8. The molecule has 1 amide bonds. The molecule has 0 saturated carbocycles. The summed E-state index contributed by atoms with van der Waals surface area (Å²) in [6.45, 7) is 1.74. The van der Waals surface area contributed by atoms with Gasteiger partial charge in [-0.25, -0.2) is 4.39 Å². The zero-order valence-electron chi connectivity index (χ0n) is 12.7. The quantitative estimate of drug-likeness (QED) is 0.851. The summed E-state index contributed by atoms with van der Waals surface area (Å²) >= 11 is 0. The standard InChI is InChI=1S/C18H21FN2O/c19-15-7-9-16(10-8-15)21-13-5-6-17(21)14-18(22)20-11-3-1-2-4-12-20/h5-10,13H,1-4,11-12,14H2. The maximum Gasteiger partial charge on any atom is 0.228 e. The highest BCUT2D eigenvalue weighted by Gasteiger charge is 2.17. The number of nitrogens with zero attached hydrogens (tertiary/aromatic N) is 2. The van der Waals surface area contributed by atoms with Crippen LogP contribution in [0.5, 0.6) is 0 Å². The van der Waals surface area contributed by atoms with Gasteiger partial charge in [0.15, 0.2) is 0 Å². The Bertz CT molecular complexity index is 625. The predicted octanol–water partition coefficient (Wildman–Crippen LogP) is 3.56. The average molecular weight is 300 g/mol. The molecule has 0 N–H and O–H groups in total. The topological polar surface area (TPSA) is 25.2 Å². The van der Waals surface area contributed by atoms with Crippen LogP contribution in [-0.4, -0.2) is 28.5 Å². The maximum absolute atomic E-state index is 13.1. The molecule has 22 heavy (non-hydrogen) atoms. The van der Waals surface area contributed by atoms with Gasteiger partial charge in [0.2, 0.25) is 5.91 Å². The Morgan fingerprint density at radius 1 is 1.00 bits per heavy atom. The van der Waals surface area contributed by atoms with Crippen LogP contribution in [0.1, 0.15) is 31.4 Å². The number of hydrogen-bond donors (Lipinski definition) is 0. The van der Waals surface area contributed by atoms with Crippen molar-refractivity contribution < 1.29 is 9.18 Å². The van der Waals surface area contributed by atoms with E-state index in [1.54, 1.807) is 12.1 Å². The molecule has 2 aromatic rings. The van der Waals surface area contributed by atoms with E-state index < -0.39 is 0 Å². The molecule has 0 atom stereocenters. The van der Waals surface area contributed by atoms with E-state index in [9.17, 15) is 9.18 Å². The highest BCUT2D eigenvalue weighted by molar-refractivity contribution is 5.78. The van der Waals surface area contributed by atoms with Crippen LogP contribution >= 0.6 is 0 Å². The van der Waals surface area contributed by atoms with E-state index in [1.165, 1.54) is 25.0 Å². The SMILES string of the molecule is O=C(Cc1cccn1-c1ccc(F)cc1)N1CCCCCC1. The average Bonchev–Trinajstić information content (AvgIpc) is 2.81. The summed E-state index contributed by atoms with van der Waals surface area (Å²) < 4.78 is 15.0. The fourth-order valence-corrected chi connectivity index (χ4v) is 3.00. The number of benzene rings is 1. The fraction of sp³-hybridized carbons (Fsp3) is 0.389. The van der Waals surface area contributed by atoms with Gasteiger partial charge in [-0.1, -0.05) is 12.8 Å². The number of halogens is 1. The van der Waals surface area contributed by atoms with Gasteiger partial charge in [-0.15, -0.1) is 0 Å². The highest BCUT2D eigenvalue weighted by atomic mass is 19.1. The van der Waals surface area contributed by atoms with Crippen LogP contribution < -0.4 is 0 Å². The predicted molar refractivity (Wildman–Crippen MR) is 84.5 cm³/mol. The molecule has 1 saturated heterocycles. The molecule has 1 aliphatic rings. The summed E-state index contributed by atoms with van der Waals surface area (Å²) in [7, 11) is 0. The summed E-state index contributed by atoms with van der Waals surface area (Å²) in [5.74, 6) is -0.0675. The number of amides is 1. The molecule has 1 aromatic heterocycles. The van der Waals surface area contributed by atoms with Crippen LogP contribution in [0.15, 0.2) is 42.6 Å². The van der Waals surface area contributed by atoms with E-state index in [-0.39, 0.29) is 11.7 Å². The fourth-order valence-electron chi connectivity index (χ4n) is 3.00. The molecule has 0 aliphatic carbocycles. The number of carbonyl (C=O) groups is 1. The molecule has 0 spiro atoms. The molecule has 116 valence electrons. The summed E-state index contributed by atoms with van der Waals surface area (Å²) in [6, 6.07) is 10.2. The molecular formula is C18H21FN2O. The van der Waals surface area contributed by atoms with Crippen LogP contribution in [0.2, 0.25) is 0 Å². The maximum atomic E-state index is 13.1. The molecule has 1 fully saturated rings. The molecule has 3 nitrogen and oxygen atoms in total. The summed E-state index contributed by atoms with van der Waals surface area (Å²) in [6.07, 6.45) is 6.95. The minimum absolute atomic E-state index is 0.184. The third-order valence-electron chi connectivity index (χ3n) is 4.23. The molecule has 0 bridgehead atoms. The van der Waals surface area contributed by atoms with E-state index in [0.717, 1.165) is 37.3 Å². The van der Waals surface area contributed by atoms with Crippen LogP contribution in [0, 0.1) is 5.82 Å². The molecule has 1 aliphatic heterocycles. The van der Waals surface area contributed by atoms with Crippen molar-refractivity contribution in [3.63, 3.8) is 0 Å². The highest BCUT2D eigenvalue weighted by Crippen LogP contribution is 2.16. The van der Waals surface area contributed by atoms with Gasteiger partial charge in [0.1, 0.15) is 5.82 Å². The number of aromatic nitrogens is 1. The van der Waals surface area contributed by atoms with Gasteiger partial charge in [0, 0.05) is 30.7 Å². The minimum atomic E-state index is -0.252. The van der Waals surface area contributed by atoms with E-state index in [1.807, 2.05) is 27.8 Å². The summed E-state index contributed by atoms with van der Waals surface area (Å²) in [4.78, 5) is 14.5. The first-order valence-electron chi connectivity index (χ1n) is 7.94. The molecule has 0 radical (unpaired) electrons. The third-order valence-corrected chi connectivity index (χ3v) is 4.23. The second-order valence-corrected chi connectivity index (χ2v) is 5.82. The van der Waals surface area contributed by atoms with E-state index >= 15 is 0 Å². The van der Waals surface area contributed by atoms with Crippen molar-refractivity contribution in [2.45, 2.75) is 32.1 Å². The number of rotatable bonds is 3. The van der Waals surface area contributed by atoms with Crippen LogP contribution in [0.3, 0.4) is 0 Å². The van der Waals surface area contributed by atoms with Crippen LogP contribution in [0.4, 0.5) is 4.39 Å². The second kappa shape index (κ2) is 6.77. The van der Waals surface area contributed by atoms with Gasteiger partial charge < -0.3 is 9.47 Å². The van der Waals surface area contributed by atoms with E-state index in [4.69, 9.17) is 0 Å². The van der Waals surface area contributed by atoms with E-state index in [0.29, 0.717) is 6.42 Å². The molecular weight excluding hydrogens is 279 g/mol. The van der Waals surface area contributed by atoms with Crippen LogP contribution in [-0.2, 0) is 11.2 Å². The number of hydrogen-bond acceptors (Lipinski definition) is 1. The van der Waals surface area contributed by atoms with Crippen molar-refractivity contribution in [1.82, 2.24) is 9.47 Å². The Kier molecular flexibility index (Phi) is 4.56. The smallest absolute Gasteiger partial charge is 0.228 e. The molecule has 1 aromatic carbocycles. The second-order valence-electron chi connectivity index (χ2n) is 5.82. The third kappa shape index (κ3) is 3.38. The Hall–Kier alpha value is -2.10. The number of likely N-dealkylation sites (tertiary alicyclic amines) is 1. The number of carbonyl (C=O) groups excluding carboxylic acids is 1. The Labute approximate surface area is 130 Å².